The van der Waals surface area contributed by atoms with Gasteiger partial charge in [-0.05, 0) is 47.2 Å². The molecule has 2 fully saturated rings. The molecular formula is C33H49F5N10O4. The Morgan fingerprint density at radius 1 is 1.15 bits per heavy atom. The highest BCUT2D eigenvalue weighted by Crippen LogP contribution is 2.52. The number of nitrogens with zero attached hydrogens (tertiary/aromatic N) is 8. The molecular weight excluding hydrogens is 695 g/mol. The van der Waals surface area contributed by atoms with Crippen LogP contribution in [0.3, 0.4) is 0 Å². The summed E-state index contributed by atoms with van der Waals surface area (Å²) in [5.74, 6) is -6.73. The number of piperazine rings is 1. The number of allylic oxidation sites excluding steroid dienone is 1. The van der Waals surface area contributed by atoms with Crippen LogP contribution >= 0.6 is 0 Å². The van der Waals surface area contributed by atoms with Crippen molar-refractivity contribution in [2.45, 2.75) is 64.2 Å². The van der Waals surface area contributed by atoms with Gasteiger partial charge < -0.3 is 34.8 Å². The molecule has 1 saturated heterocycles. The van der Waals surface area contributed by atoms with E-state index < -0.39 is 23.6 Å². The number of aryl methyl sites for hydroxylation is 1. The van der Waals surface area contributed by atoms with Crippen molar-refractivity contribution >= 4 is 18.3 Å². The van der Waals surface area contributed by atoms with Crippen LogP contribution in [0.15, 0.2) is 33.9 Å². The average Bonchev–Trinajstić information content (AvgIpc) is 3.09. The Bertz CT molecular complexity index is 1680. The van der Waals surface area contributed by atoms with Crippen molar-refractivity contribution in [1.82, 2.24) is 34.7 Å². The number of alkyl halides is 5. The third kappa shape index (κ3) is 9.40. The van der Waals surface area contributed by atoms with E-state index in [0.29, 0.717) is 75.9 Å². The Morgan fingerprint density at radius 2 is 1.81 bits per heavy atom. The highest BCUT2D eigenvalue weighted by atomic mass is 19.4. The number of rotatable bonds is 14. The molecule has 0 atom stereocenters. The Kier molecular flexibility index (Phi) is 14.6. The van der Waals surface area contributed by atoms with Crippen LogP contribution < -0.4 is 26.7 Å². The fourth-order valence-electron chi connectivity index (χ4n) is 6.07. The van der Waals surface area contributed by atoms with Gasteiger partial charge in [0.25, 0.3) is 11.5 Å². The Morgan fingerprint density at radius 3 is 2.35 bits per heavy atom. The number of nitrogens with one attached hydrogen (secondary N) is 2. The molecule has 0 bridgehead atoms. The zero-order valence-corrected chi connectivity index (χ0v) is 30.3. The van der Waals surface area contributed by atoms with E-state index in [9.17, 15) is 36.6 Å². The van der Waals surface area contributed by atoms with E-state index in [1.54, 1.807) is 31.9 Å². The highest BCUT2D eigenvalue weighted by molar-refractivity contribution is 5.95. The van der Waals surface area contributed by atoms with Gasteiger partial charge in [-0.25, -0.2) is 15.0 Å². The molecule has 1 aliphatic heterocycles. The predicted molar refractivity (Wildman–Crippen MR) is 186 cm³/mol. The van der Waals surface area contributed by atoms with Crippen molar-refractivity contribution < 1.29 is 36.6 Å². The van der Waals surface area contributed by atoms with E-state index >= 15 is 0 Å². The largest absolute Gasteiger partial charge is 0.504 e. The summed E-state index contributed by atoms with van der Waals surface area (Å²) in [6.45, 7) is 16.7. The molecule has 0 spiro atoms. The third-order valence-corrected chi connectivity index (χ3v) is 9.18. The lowest BCUT2D eigenvalue weighted by molar-refractivity contribution is -0.316. The molecule has 290 valence electrons. The molecule has 1 aliphatic carbocycles. The number of halogens is 5. The van der Waals surface area contributed by atoms with Crippen molar-refractivity contribution in [2.24, 2.45) is 16.0 Å². The number of amides is 1. The van der Waals surface area contributed by atoms with E-state index in [-0.39, 0.29) is 35.8 Å². The topological polar surface area (TPSA) is 154 Å². The quantitative estimate of drug-likeness (QED) is 0.115. The summed E-state index contributed by atoms with van der Waals surface area (Å²) in [7, 11) is 3.41. The number of likely N-dealkylation sites (N-methyl/N-ethyl adjacent to an activating group) is 1. The van der Waals surface area contributed by atoms with Crippen LogP contribution in [0.1, 0.15) is 48.6 Å². The molecule has 0 unspecified atom stereocenters. The van der Waals surface area contributed by atoms with Gasteiger partial charge in [0.15, 0.2) is 11.4 Å². The maximum atomic E-state index is 13.7. The van der Waals surface area contributed by atoms with Gasteiger partial charge in [0.05, 0.1) is 31.1 Å². The standard InChI is InChI=1S/C25H37N9O4.C8H12F5N/c1-6-10-33-19(7-2)21(24(37)34(27-5)25(33)28-9-16-38-15-8-26-4)31-11-13-32(14-12-31)23(36)20-22(35)18(3)29-17-30-20;1-6(14-2)3-5(4-6)7(9,10)8(11,12)13/h6,17,26,35H,1,5,7-16H2,2-4H3;5,14H,3-4H2,1-2H3. The number of ether oxygens (including phenoxy) is 1. The van der Waals surface area contributed by atoms with Crippen molar-refractivity contribution in [1.29, 1.82) is 0 Å². The first kappa shape index (κ1) is 42.2. The third-order valence-electron chi connectivity index (χ3n) is 9.18. The van der Waals surface area contributed by atoms with E-state index in [0.717, 1.165) is 12.2 Å². The Hall–Kier alpha value is -4.23. The van der Waals surface area contributed by atoms with Gasteiger partial charge in [-0.3, -0.25) is 9.59 Å². The fourth-order valence-corrected chi connectivity index (χ4v) is 6.07. The molecule has 2 aromatic rings. The molecule has 19 heteroatoms. The van der Waals surface area contributed by atoms with E-state index in [2.05, 4.69) is 44.0 Å². The summed E-state index contributed by atoms with van der Waals surface area (Å²) in [5, 5.41) is 20.0. The number of aromatic hydroxyl groups is 1. The second-order valence-corrected chi connectivity index (χ2v) is 12.7. The molecule has 0 aromatic carbocycles. The number of hydrogen-bond donors (Lipinski definition) is 3. The maximum absolute atomic E-state index is 13.7. The number of hydrogen-bond acceptors (Lipinski definition) is 11. The van der Waals surface area contributed by atoms with Crippen molar-refractivity contribution in [3.8, 4) is 5.75 Å². The van der Waals surface area contributed by atoms with E-state index in [4.69, 9.17) is 4.74 Å². The van der Waals surface area contributed by atoms with E-state index in [1.807, 2.05) is 23.4 Å². The van der Waals surface area contributed by atoms with Crippen molar-refractivity contribution in [3.05, 3.63) is 52.0 Å². The number of carbonyl (C=O) groups excluding carboxylic acids is 1. The minimum atomic E-state index is -5.42. The van der Waals surface area contributed by atoms with Crippen LogP contribution in [-0.4, -0.2) is 126 Å². The summed E-state index contributed by atoms with van der Waals surface area (Å²) >= 11 is 0. The number of carbonyl (C=O) groups is 1. The van der Waals surface area contributed by atoms with Crippen LogP contribution in [0.5, 0.6) is 5.75 Å². The number of aromatic nitrogens is 4. The molecule has 4 rings (SSSR count). The van der Waals surface area contributed by atoms with Gasteiger partial charge in [-0.2, -0.15) is 31.7 Å². The summed E-state index contributed by atoms with van der Waals surface area (Å²) in [4.78, 5) is 42.7. The van der Waals surface area contributed by atoms with Crippen LogP contribution in [0.25, 0.3) is 0 Å². The minimum absolute atomic E-state index is 0.0249. The van der Waals surface area contributed by atoms with Gasteiger partial charge >= 0.3 is 12.1 Å². The van der Waals surface area contributed by atoms with Gasteiger partial charge in [-0.15, -0.1) is 6.58 Å². The van der Waals surface area contributed by atoms with Gasteiger partial charge in [0, 0.05) is 57.4 Å². The lowest BCUT2D eigenvalue weighted by atomic mass is 9.66. The zero-order chi connectivity index (χ0) is 38.9. The Labute approximate surface area is 299 Å². The summed E-state index contributed by atoms with van der Waals surface area (Å²) in [6.07, 6.45) is -2.13. The molecule has 2 aromatic heterocycles. The molecule has 1 amide bonds. The maximum Gasteiger partial charge on any atom is 0.453 e. The van der Waals surface area contributed by atoms with Gasteiger partial charge in [0.2, 0.25) is 5.62 Å². The van der Waals surface area contributed by atoms with Crippen molar-refractivity contribution in [3.63, 3.8) is 0 Å². The van der Waals surface area contributed by atoms with Crippen LogP contribution in [-0.2, 0) is 17.7 Å². The first-order chi connectivity index (χ1) is 24.5. The molecule has 2 aliphatic rings. The van der Waals surface area contributed by atoms with E-state index in [1.165, 1.54) is 11.0 Å². The number of anilines is 1. The fraction of sp³-hybridized carbons (Fsp3) is 0.636. The summed E-state index contributed by atoms with van der Waals surface area (Å²) in [6, 6.07) is 0. The highest BCUT2D eigenvalue weighted by Gasteiger charge is 2.66. The smallest absolute Gasteiger partial charge is 0.453 e. The lowest BCUT2D eigenvalue weighted by Gasteiger charge is -2.48. The zero-order valence-electron chi connectivity index (χ0n) is 30.3. The molecule has 1 saturated carbocycles. The van der Waals surface area contributed by atoms with Crippen LogP contribution in [0.2, 0.25) is 0 Å². The Balaban J connectivity index is 0.000000435. The monoisotopic (exact) mass is 744 g/mol. The second-order valence-electron chi connectivity index (χ2n) is 12.7. The normalized spacial score (nSPS) is 19.5. The first-order valence-electron chi connectivity index (χ1n) is 16.9. The molecule has 0 radical (unpaired) electrons. The molecule has 52 heavy (non-hydrogen) atoms. The SMILES string of the molecule is C=CCn1c(CC)c(N2CCN(C(=O)c3ncnc(C)c3O)CC2)c(=O)n(N=C)c1=NCCOCCNC.CNC1(C)CC(C(F)(F)C(F)(F)F)C1. The molecule has 14 nitrogen and oxygen atoms in total. The second kappa shape index (κ2) is 18.0. The van der Waals surface area contributed by atoms with Crippen molar-refractivity contribution in [2.75, 3.05) is 71.5 Å². The van der Waals surface area contributed by atoms with Crippen LogP contribution in [0.4, 0.5) is 27.6 Å². The summed E-state index contributed by atoms with van der Waals surface area (Å²) < 4.78 is 69.8. The molecule has 3 N–H and O–H groups in total. The van der Waals surface area contributed by atoms with Gasteiger partial charge in [0.1, 0.15) is 12.0 Å². The lowest BCUT2D eigenvalue weighted by Crippen LogP contribution is -2.59. The first-order valence-corrected chi connectivity index (χ1v) is 16.9. The summed E-state index contributed by atoms with van der Waals surface area (Å²) in [5.41, 5.74) is 1.10. The predicted octanol–water partition coefficient (Wildman–Crippen LogP) is 2.34. The average molecular weight is 745 g/mol. The minimum Gasteiger partial charge on any atom is -0.504 e. The van der Waals surface area contributed by atoms with Gasteiger partial charge in [-0.1, -0.05) is 13.0 Å². The molecule has 3 heterocycles. The van der Waals surface area contributed by atoms with Crippen LogP contribution in [0, 0.1) is 12.8 Å².